The number of amidine groups is 1. The van der Waals surface area contributed by atoms with Crippen molar-refractivity contribution >= 4 is 77.2 Å². The van der Waals surface area contributed by atoms with E-state index in [0.29, 0.717) is 34.8 Å². The van der Waals surface area contributed by atoms with Crippen molar-refractivity contribution in [2.24, 2.45) is 10.1 Å². The summed E-state index contributed by atoms with van der Waals surface area (Å²) in [7, 11) is -6.95. The smallest absolute Gasteiger partial charge is 0.354 e. The number of nitrogens with two attached hydrogens (primary N) is 1. The summed E-state index contributed by atoms with van der Waals surface area (Å²) in [5, 5.41) is 25.7. The minimum Gasteiger partial charge on any atom is -0.477 e. The number of hydrogen-bond donors (Lipinski definition) is 3. The van der Waals surface area contributed by atoms with E-state index in [9.17, 15) is 45.1 Å². The molecule has 6 aromatic heterocycles. The molecular weight excluding hydrogens is 1440 g/mol. The number of ether oxygens (including phenoxy) is 2. The van der Waals surface area contributed by atoms with Gasteiger partial charge in [0.15, 0.2) is 17.0 Å². The quantitative estimate of drug-likeness (QED) is 0.0810. The molecule has 5 saturated heterocycles. The number of hydrogen-bond acceptors (Lipinski definition) is 22. The van der Waals surface area contributed by atoms with Gasteiger partial charge < -0.3 is 34.2 Å². The van der Waals surface area contributed by atoms with Crippen LogP contribution in [-0.4, -0.2) is 256 Å². The highest BCUT2D eigenvalue weighted by molar-refractivity contribution is 7.90. The number of morpholine rings is 2. The molecule has 0 aliphatic carbocycles. The van der Waals surface area contributed by atoms with Crippen LogP contribution in [-0.2, 0) is 29.5 Å². The number of carbonyl (C=O) groups excluding carboxylic acids is 2. The first-order valence-electron chi connectivity index (χ1n) is 38.2. The van der Waals surface area contributed by atoms with E-state index in [-0.39, 0.29) is 52.4 Å². The fourth-order valence-corrected chi connectivity index (χ4v) is 14.4. The molecule has 33 heteroatoms. The molecule has 12 heterocycles. The van der Waals surface area contributed by atoms with E-state index in [4.69, 9.17) is 19.7 Å². The zero-order valence-electron chi connectivity index (χ0n) is 64.4. The Labute approximate surface area is 638 Å². The summed E-state index contributed by atoms with van der Waals surface area (Å²) in [5.74, 6) is -1.25. The number of halogens is 2. The summed E-state index contributed by atoms with van der Waals surface area (Å²) >= 11 is 0. The third-order valence-corrected chi connectivity index (χ3v) is 22.2. The Morgan fingerprint density at radius 2 is 1.02 bits per heavy atom. The highest BCUT2D eigenvalue weighted by Gasteiger charge is 2.33. The number of carbonyl (C=O) groups is 3. The van der Waals surface area contributed by atoms with Crippen LogP contribution in [0.2, 0.25) is 0 Å². The average molecular weight is 1550 g/mol. The van der Waals surface area contributed by atoms with Gasteiger partial charge in [-0.05, 0) is 151 Å². The Balaban J connectivity index is 0.000000174. The van der Waals surface area contributed by atoms with Crippen LogP contribution in [0.1, 0.15) is 164 Å². The number of imidazole rings is 2. The standard InChI is InChI=1S/C27H35FN6O4S.C25H30FN5O3.C9H16N2.C7H6N4O.C6H15N.C2H7NO2S/c1-4-39(36,37)31-27(35)22-17-23(33-11-9-20(10-12-33)32-13-15-38-16-14-32)24-25(18(2)3)30-34(26(24)29-22)21-7-5-19(28)6-8-21;1-16(2)23-22-21(30-9-7-18(8-10-30)29-11-13-34-14-12-29)15-20(25(32)33)27-24(22)31(28-23)19-5-3-17(26)4-6-19;1-2-5-9-10-6-4-8-11(9)7-3-1;12-7(10-3-1-8-5-10)11-4-2-9-6-11;1-4-7(5-2)6-3;1-2-6(3,4)5/h5-8,17-18,20H,4,9-16H2,1-3H3,(H,31,35);3-6,15-16,18H,7-14H2,1-2H3,(H,32,33);1-8H2;1-6H;4-6H2,1-3H3;2H2,1H3,(H2,3,4,5). The lowest BCUT2D eigenvalue weighted by Crippen LogP contribution is -2.49. The Morgan fingerprint density at radius 3 is 1.40 bits per heavy atom. The number of primary sulfonamides is 1. The third kappa shape index (κ3) is 23.2. The molecule has 29 nitrogen and oxygen atoms in total. The minimum atomic E-state index is -3.79. The number of amides is 1. The second-order valence-electron chi connectivity index (χ2n) is 27.9. The number of fused-ring (bicyclic) bond motifs is 3. The first-order valence-corrected chi connectivity index (χ1v) is 41.5. The molecule has 0 atom stereocenters. The minimum absolute atomic E-state index is 0.0107. The summed E-state index contributed by atoms with van der Waals surface area (Å²) in [5.41, 5.74) is 5.45. The molecular formula is C76H109F2N19O10S2. The van der Waals surface area contributed by atoms with Crippen LogP contribution in [0.15, 0.2) is 103 Å². The van der Waals surface area contributed by atoms with Gasteiger partial charge in [-0.2, -0.15) is 10.2 Å². The lowest BCUT2D eigenvalue weighted by Gasteiger charge is -2.41. The predicted octanol–water partition coefficient (Wildman–Crippen LogP) is 9.65. The van der Waals surface area contributed by atoms with Gasteiger partial charge in [-0.1, -0.05) is 54.9 Å². The number of sulfonamides is 2. The Bertz CT molecular complexity index is 4430. The van der Waals surface area contributed by atoms with Crippen molar-refractivity contribution < 1.29 is 54.6 Å². The molecule has 594 valence electrons. The molecule has 2 aromatic carbocycles. The number of rotatable bonds is 16. The molecule has 0 saturated carbocycles. The van der Waals surface area contributed by atoms with E-state index in [1.54, 1.807) is 70.5 Å². The van der Waals surface area contributed by atoms with Crippen molar-refractivity contribution in [3.05, 3.63) is 133 Å². The van der Waals surface area contributed by atoms with E-state index >= 15 is 0 Å². The maximum Gasteiger partial charge on any atom is 0.354 e. The number of piperidine rings is 2. The lowest BCUT2D eigenvalue weighted by molar-refractivity contribution is 0.0115. The molecule has 8 aromatic rings. The highest BCUT2D eigenvalue weighted by Crippen LogP contribution is 2.39. The fourth-order valence-electron chi connectivity index (χ4n) is 13.9. The molecule has 0 bridgehead atoms. The number of aromatic nitrogens is 10. The maximum absolute atomic E-state index is 13.7. The van der Waals surface area contributed by atoms with Crippen LogP contribution in [0.5, 0.6) is 0 Å². The molecule has 6 aliphatic rings. The van der Waals surface area contributed by atoms with E-state index in [1.165, 1.54) is 131 Å². The van der Waals surface area contributed by atoms with Crippen molar-refractivity contribution in [3.8, 4) is 11.4 Å². The normalized spacial score (nSPS) is 17.0. The zero-order chi connectivity index (χ0) is 78.4. The molecule has 109 heavy (non-hydrogen) atoms. The lowest BCUT2D eigenvalue weighted by atomic mass is 10.00. The van der Waals surface area contributed by atoms with Crippen LogP contribution in [0.25, 0.3) is 33.4 Å². The number of aliphatic imine (C=N–C) groups is 1. The van der Waals surface area contributed by atoms with E-state index in [0.717, 1.165) is 145 Å². The highest BCUT2D eigenvalue weighted by atomic mass is 32.2. The van der Waals surface area contributed by atoms with Crippen LogP contribution < -0.4 is 19.7 Å². The molecule has 0 spiro atoms. The second-order valence-corrected chi connectivity index (χ2v) is 31.8. The van der Waals surface area contributed by atoms with Gasteiger partial charge in [-0.25, -0.2) is 74.4 Å². The SMILES string of the molecule is C1CCC2=NCCCN2CC1.CC(C)c1nn(-c2ccc(F)cc2)c2nc(C(=O)O)cc(N3CCC(N4CCOCC4)CC3)c12.CCN(CC)CC.CCS(=O)(=O)NC(=O)c1cc(N2CCC(N3CCOCC3)CC2)c2c(C(C)C)nn(-c3ccc(F)cc3)c2n1.CCS(N)(=O)=O.O=C(n1ccnc1)n1ccnc1. The van der Waals surface area contributed by atoms with E-state index < -0.39 is 31.9 Å². The summed E-state index contributed by atoms with van der Waals surface area (Å²) < 4.78 is 90.4. The van der Waals surface area contributed by atoms with Crippen LogP contribution in [0, 0.1) is 11.6 Å². The van der Waals surface area contributed by atoms with Gasteiger partial charge in [0.05, 0.1) is 88.7 Å². The Hall–Kier alpha value is -8.70. The van der Waals surface area contributed by atoms with Crippen molar-refractivity contribution in [2.75, 3.05) is 139 Å². The van der Waals surface area contributed by atoms with Crippen molar-refractivity contribution in [1.82, 2.24) is 73.0 Å². The number of anilines is 2. The summed E-state index contributed by atoms with van der Waals surface area (Å²) in [6.07, 6.45) is 19.7. The van der Waals surface area contributed by atoms with E-state index in [1.807, 2.05) is 13.8 Å². The van der Waals surface area contributed by atoms with Gasteiger partial charge in [-0.15, -0.1) is 0 Å². The number of aromatic carboxylic acids is 1. The zero-order valence-corrected chi connectivity index (χ0v) is 66.1. The summed E-state index contributed by atoms with van der Waals surface area (Å²) in [6.45, 7) is 35.0. The number of nitrogens with one attached hydrogen (secondary N) is 1. The average Bonchev–Trinajstić information content (AvgIpc) is 1.64. The van der Waals surface area contributed by atoms with Crippen molar-refractivity contribution in [2.45, 2.75) is 144 Å². The largest absolute Gasteiger partial charge is 0.477 e. The van der Waals surface area contributed by atoms with Crippen LogP contribution in [0.3, 0.4) is 0 Å². The first kappa shape index (κ1) is 84.3. The van der Waals surface area contributed by atoms with Gasteiger partial charge in [0.25, 0.3) is 5.91 Å². The van der Waals surface area contributed by atoms with E-state index in [2.05, 4.69) is 98.8 Å². The molecule has 14 rings (SSSR count). The van der Waals surface area contributed by atoms with Gasteiger partial charge in [0.1, 0.15) is 30.0 Å². The van der Waals surface area contributed by atoms with Crippen molar-refractivity contribution in [1.29, 1.82) is 0 Å². The molecule has 1 amide bonds. The summed E-state index contributed by atoms with van der Waals surface area (Å²) in [4.78, 5) is 72.1. The van der Waals surface area contributed by atoms with Gasteiger partial charge in [0.2, 0.25) is 20.0 Å². The topological polar surface area (TPSA) is 325 Å². The predicted molar refractivity (Wildman–Crippen MR) is 420 cm³/mol. The maximum atomic E-state index is 13.7. The fraction of sp³-hybridized carbons (Fsp3) is 0.553. The van der Waals surface area contributed by atoms with Crippen LogP contribution in [0.4, 0.5) is 25.0 Å². The number of benzene rings is 2. The monoisotopic (exact) mass is 1550 g/mol. The number of pyridine rings is 2. The first-order chi connectivity index (χ1) is 52.3. The summed E-state index contributed by atoms with van der Waals surface area (Å²) in [6, 6.07) is 16.1. The number of carboxylic acids is 1. The molecule has 0 unspecified atom stereocenters. The third-order valence-electron chi connectivity index (χ3n) is 20.1. The number of nitrogens with zero attached hydrogens (tertiary/aromatic N) is 17. The Morgan fingerprint density at radius 1 is 0.587 bits per heavy atom. The number of carboxylic acid groups (broad SMARTS) is 1. The van der Waals surface area contributed by atoms with Gasteiger partial charge in [0, 0.05) is 115 Å². The van der Waals surface area contributed by atoms with Gasteiger partial charge >= 0.3 is 12.0 Å². The molecule has 0 radical (unpaired) electrons. The Kier molecular flexibility index (Phi) is 31.2. The molecule has 6 aliphatic heterocycles. The van der Waals surface area contributed by atoms with Crippen LogP contribution >= 0.6 is 0 Å². The molecule has 5 fully saturated rings. The molecule has 4 N–H and O–H groups in total. The second kappa shape index (κ2) is 40.3. The van der Waals surface area contributed by atoms with Crippen molar-refractivity contribution in [3.63, 3.8) is 0 Å². The van der Waals surface area contributed by atoms with Gasteiger partial charge in [-0.3, -0.25) is 28.7 Å².